The molecule has 1 fully saturated rings. The average molecular weight is 345 g/mol. The molecule has 1 N–H and O–H groups in total. The van der Waals surface area contributed by atoms with Crippen molar-refractivity contribution in [1.29, 1.82) is 0 Å². The van der Waals surface area contributed by atoms with Gasteiger partial charge in [-0.3, -0.25) is 4.79 Å². The van der Waals surface area contributed by atoms with Gasteiger partial charge in [0.15, 0.2) is 0 Å². The molecule has 1 aromatic rings. The largest absolute Gasteiger partial charge is 0.356 e. The molecular formula is C15H21ClN2O3S. The molecule has 0 saturated carbocycles. The Bertz CT molecular complexity index is 608. The summed E-state index contributed by atoms with van der Waals surface area (Å²) in [4.78, 5) is 12.1. The zero-order valence-electron chi connectivity index (χ0n) is 12.6. The van der Waals surface area contributed by atoms with E-state index >= 15 is 0 Å². The second-order valence-electron chi connectivity index (χ2n) is 5.60. The standard InChI is InChI=1S/C15H21ClN2O3S/c1-22(20,21)18-10-7-13(8-11-18)15(19)17-9-6-12-2-4-14(16)5-3-12/h2-5,13H,6-11H2,1H3,(H,17,19). The maximum Gasteiger partial charge on any atom is 0.223 e. The van der Waals surface area contributed by atoms with Crippen LogP contribution in [0.4, 0.5) is 0 Å². The van der Waals surface area contributed by atoms with E-state index in [0.29, 0.717) is 37.5 Å². The Balaban J connectivity index is 1.73. The average Bonchev–Trinajstić information content (AvgIpc) is 2.48. The van der Waals surface area contributed by atoms with Crippen molar-refractivity contribution < 1.29 is 13.2 Å². The van der Waals surface area contributed by atoms with Crippen LogP contribution in [0.1, 0.15) is 18.4 Å². The quantitative estimate of drug-likeness (QED) is 0.883. The van der Waals surface area contributed by atoms with E-state index in [1.54, 1.807) is 0 Å². The number of rotatable bonds is 5. The maximum atomic E-state index is 12.1. The van der Waals surface area contributed by atoms with Gasteiger partial charge in [-0.15, -0.1) is 0 Å². The number of piperidine rings is 1. The van der Waals surface area contributed by atoms with Crippen LogP contribution in [-0.4, -0.2) is 44.5 Å². The first-order chi connectivity index (χ1) is 10.4. The number of halogens is 1. The zero-order valence-corrected chi connectivity index (χ0v) is 14.2. The Morgan fingerprint density at radius 3 is 2.41 bits per heavy atom. The van der Waals surface area contributed by atoms with Crippen LogP contribution in [0.5, 0.6) is 0 Å². The first-order valence-electron chi connectivity index (χ1n) is 7.33. The Labute approximate surface area is 136 Å². The second kappa shape index (κ2) is 7.44. The highest BCUT2D eigenvalue weighted by Gasteiger charge is 2.28. The molecule has 0 radical (unpaired) electrons. The number of carbonyl (C=O) groups excluding carboxylic acids is 1. The number of hydrogen-bond donors (Lipinski definition) is 1. The van der Waals surface area contributed by atoms with Crippen LogP contribution in [0, 0.1) is 5.92 Å². The van der Waals surface area contributed by atoms with Gasteiger partial charge in [-0.05, 0) is 37.0 Å². The number of nitrogens with one attached hydrogen (secondary N) is 1. The summed E-state index contributed by atoms with van der Waals surface area (Å²) >= 11 is 5.83. The molecule has 1 aromatic carbocycles. The normalized spacial score (nSPS) is 17.4. The third-order valence-electron chi connectivity index (χ3n) is 3.92. The van der Waals surface area contributed by atoms with Crippen molar-refractivity contribution in [3.05, 3.63) is 34.9 Å². The van der Waals surface area contributed by atoms with Crippen molar-refractivity contribution in [2.24, 2.45) is 5.92 Å². The summed E-state index contributed by atoms with van der Waals surface area (Å²) in [5, 5.41) is 3.63. The van der Waals surface area contributed by atoms with Crippen LogP contribution >= 0.6 is 11.6 Å². The summed E-state index contributed by atoms with van der Waals surface area (Å²) in [6, 6.07) is 7.55. The Morgan fingerprint density at radius 2 is 1.86 bits per heavy atom. The number of amides is 1. The summed E-state index contributed by atoms with van der Waals surface area (Å²) in [5.74, 6) is -0.0784. The third kappa shape index (κ3) is 4.97. The molecule has 0 bridgehead atoms. The number of carbonyl (C=O) groups is 1. The van der Waals surface area contributed by atoms with Gasteiger partial charge in [-0.1, -0.05) is 23.7 Å². The van der Waals surface area contributed by atoms with E-state index in [2.05, 4.69) is 5.32 Å². The molecule has 0 atom stereocenters. The van der Waals surface area contributed by atoms with Crippen LogP contribution < -0.4 is 5.32 Å². The molecule has 1 aliphatic heterocycles. The number of sulfonamides is 1. The van der Waals surface area contributed by atoms with E-state index in [9.17, 15) is 13.2 Å². The van der Waals surface area contributed by atoms with Gasteiger partial charge in [-0.25, -0.2) is 12.7 Å². The molecule has 0 spiro atoms. The molecule has 1 saturated heterocycles. The summed E-state index contributed by atoms with van der Waals surface area (Å²) in [6.07, 6.45) is 3.13. The molecular weight excluding hydrogens is 324 g/mol. The van der Waals surface area contributed by atoms with Gasteiger partial charge >= 0.3 is 0 Å². The third-order valence-corrected chi connectivity index (χ3v) is 5.48. The highest BCUT2D eigenvalue weighted by atomic mass is 35.5. The highest BCUT2D eigenvalue weighted by Crippen LogP contribution is 2.19. The number of benzene rings is 1. The smallest absolute Gasteiger partial charge is 0.223 e. The van der Waals surface area contributed by atoms with Crippen molar-refractivity contribution in [2.45, 2.75) is 19.3 Å². The van der Waals surface area contributed by atoms with Gasteiger partial charge in [0.1, 0.15) is 0 Å². The molecule has 1 heterocycles. The van der Waals surface area contributed by atoms with Crippen molar-refractivity contribution >= 4 is 27.5 Å². The van der Waals surface area contributed by atoms with Gasteiger partial charge in [0.2, 0.25) is 15.9 Å². The van der Waals surface area contributed by atoms with Crippen LogP contribution in [0.3, 0.4) is 0 Å². The molecule has 7 heteroatoms. The Hall–Kier alpha value is -1.11. The SMILES string of the molecule is CS(=O)(=O)N1CCC(C(=O)NCCc2ccc(Cl)cc2)CC1. The van der Waals surface area contributed by atoms with Gasteiger partial charge in [0.05, 0.1) is 6.26 Å². The van der Waals surface area contributed by atoms with Crippen molar-refractivity contribution in [1.82, 2.24) is 9.62 Å². The Morgan fingerprint density at radius 1 is 1.27 bits per heavy atom. The lowest BCUT2D eigenvalue weighted by Crippen LogP contribution is -2.42. The molecule has 0 unspecified atom stereocenters. The summed E-state index contributed by atoms with van der Waals surface area (Å²) in [6.45, 7) is 1.43. The summed E-state index contributed by atoms with van der Waals surface area (Å²) in [5.41, 5.74) is 1.12. The molecule has 0 aliphatic carbocycles. The van der Waals surface area contributed by atoms with E-state index in [4.69, 9.17) is 11.6 Å². The molecule has 1 amide bonds. The zero-order chi connectivity index (χ0) is 16.2. The van der Waals surface area contributed by atoms with E-state index in [-0.39, 0.29) is 11.8 Å². The summed E-state index contributed by atoms with van der Waals surface area (Å²) in [7, 11) is -3.14. The van der Waals surface area contributed by atoms with E-state index < -0.39 is 10.0 Å². The second-order valence-corrected chi connectivity index (χ2v) is 8.02. The fourth-order valence-electron chi connectivity index (χ4n) is 2.58. The minimum Gasteiger partial charge on any atom is -0.356 e. The fourth-order valence-corrected chi connectivity index (χ4v) is 3.58. The van der Waals surface area contributed by atoms with Gasteiger partial charge < -0.3 is 5.32 Å². The monoisotopic (exact) mass is 344 g/mol. The predicted octanol–water partition coefficient (Wildman–Crippen LogP) is 1.67. The fraction of sp³-hybridized carbons (Fsp3) is 0.533. The lowest BCUT2D eigenvalue weighted by molar-refractivity contribution is -0.126. The molecule has 5 nitrogen and oxygen atoms in total. The van der Waals surface area contributed by atoms with Gasteiger partial charge in [0, 0.05) is 30.6 Å². The summed E-state index contributed by atoms with van der Waals surface area (Å²) < 4.78 is 24.3. The highest BCUT2D eigenvalue weighted by molar-refractivity contribution is 7.88. The first-order valence-corrected chi connectivity index (χ1v) is 9.56. The van der Waals surface area contributed by atoms with Gasteiger partial charge in [0.25, 0.3) is 0 Å². The molecule has 2 rings (SSSR count). The predicted molar refractivity (Wildman–Crippen MR) is 87.3 cm³/mol. The molecule has 22 heavy (non-hydrogen) atoms. The number of hydrogen-bond acceptors (Lipinski definition) is 3. The van der Waals surface area contributed by atoms with E-state index in [1.807, 2.05) is 24.3 Å². The lowest BCUT2D eigenvalue weighted by Gasteiger charge is -2.29. The lowest BCUT2D eigenvalue weighted by atomic mass is 9.97. The van der Waals surface area contributed by atoms with Crippen LogP contribution in [-0.2, 0) is 21.2 Å². The van der Waals surface area contributed by atoms with Crippen LogP contribution in [0.15, 0.2) is 24.3 Å². The number of nitrogens with zero attached hydrogens (tertiary/aromatic N) is 1. The van der Waals surface area contributed by atoms with Crippen LogP contribution in [0.25, 0.3) is 0 Å². The van der Waals surface area contributed by atoms with Gasteiger partial charge in [-0.2, -0.15) is 0 Å². The van der Waals surface area contributed by atoms with Crippen molar-refractivity contribution in [3.63, 3.8) is 0 Å². The van der Waals surface area contributed by atoms with E-state index in [0.717, 1.165) is 12.0 Å². The minimum absolute atomic E-state index is 0.0158. The van der Waals surface area contributed by atoms with Crippen molar-refractivity contribution in [3.8, 4) is 0 Å². The minimum atomic E-state index is -3.14. The van der Waals surface area contributed by atoms with Crippen LogP contribution in [0.2, 0.25) is 5.02 Å². The molecule has 0 aromatic heterocycles. The van der Waals surface area contributed by atoms with E-state index in [1.165, 1.54) is 10.6 Å². The van der Waals surface area contributed by atoms with Crippen molar-refractivity contribution in [2.75, 3.05) is 25.9 Å². The first kappa shape index (κ1) is 17.2. The molecule has 1 aliphatic rings. The molecule has 122 valence electrons. The topological polar surface area (TPSA) is 66.5 Å². The maximum absolute atomic E-state index is 12.1. The Kier molecular flexibility index (Phi) is 5.83.